The molecule has 0 aliphatic carbocycles. The second-order valence-electron chi connectivity index (χ2n) is 7.89. The van der Waals surface area contributed by atoms with Crippen molar-refractivity contribution in [3.8, 4) is 6.07 Å². The number of benzene rings is 2. The number of nitriles is 1. The van der Waals surface area contributed by atoms with Crippen LogP contribution in [0.25, 0.3) is 0 Å². The van der Waals surface area contributed by atoms with E-state index in [0.717, 1.165) is 61.8 Å². The molecule has 0 spiro atoms. The molecule has 1 amide bonds. The summed E-state index contributed by atoms with van der Waals surface area (Å²) in [6, 6.07) is 20.1. The minimum atomic E-state index is -0.205. The summed E-state index contributed by atoms with van der Waals surface area (Å²) >= 11 is 1.96. The summed E-state index contributed by atoms with van der Waals surface area (Å²) < 4.78 is 0. The molecule has 0 radical (unpaired) electrons. The molecule has 2 aliphatic rings. The zero-order valence-corrected chi connectivity index (χ0v) is 18.0. The first-order valence-corrected chi connectivity index (χ1v) is 11.8. The highest BCUT2D eigenvalue weighted by Crippen LogP contribution is 2.26. The molecule has 1 N–H and O–H groups in total. The highest BCUT2D eigenvalue weighted by Gasteiger charge is 2.31. The van der Waals surface area contributed by atoms with Crippen molar-refractivity contribution in [3.05, 3.63) is 65.7 Å². The molecule has 0 bridgehead atoms. The third-order valence-electron chi connectivity index (χ3n) is 5.98. The molecule has 6 heteroatoms. The van der Waals surface area contributed by atoms with E-state index < -0.39 is 0 Å². The summed E-state index contributed by atoms with van der Waals surface area (Å²) in [6.07, 6.45) is 1.87. The zero-order valence-electron chi connectivity index (χ0n) is 17.2. The van der Waals surface area contributed by atoms with Crippen molar-refractivity contribution in [2.24, 2.45) is 0 Å². The van der Waals surface area contributed by atoms with Gasteiger partial charge in [0.2, 0.25) is 5.91 Å². The van der Waals surface area contributed by atoms with Crippen LogP contribution in [0.2, 0.25) is 0 Å². The molecular formula is C24H28N4OS. The Morgan fingerprint density at radius 3 is 2.30 bits per heavy atom. The Kier molecular flexibility index (Phi) is 6.93. The molecule has 30 heavy (non-hydrogen) atoms. The maximum Gasteiger partial charge on any atom is 0.242 e. The van der Waals surface area contributed by atoms with Gasteiger partial charge < -0.3 is 10.2 Å². The van der Waals surface area contributed by atoms with Gasteiger partial charge in [-0.05, 0) is 42.7 Å². The van der Waals surface area contributed by atoms with Gasteiger partial charge in [-0.2, -0.15) is 17.0 Å². The molecule has 2 heterocycles. The fourth-order valence-electron chi connectivity index (χ4n) is 4.31. The number of nitrogens with zero attached hydrogens (tertiary/aromatic N) is 3. The van der Waals surface area contributed by atoms with Gasteiger partial charge in [-0.3, -0.25) is 9.69 Å². The van der Waals surface area contributed by atoms with Gasteiger partial charge in [0.15, 0.2) is 0 Å². The molecule has 2 aromatic carbocycles. The largest absolute Gasteiger partial charge is 0.371 e. The normalized spacial score (nSPS) is 19.1. The summed E-state index contributed by atoms with van der Waals surface area (Å²) in [6.45, 7) is 3.73. The van der Waals surface area contributed by atoms with Gasteiger partial charge in [0.25, 0.3) is 0 Å². The van der Waals surface area contributed by atoms with E-state index in [9.17, 15) is 4.79 Å². The molecule has 4 rings (SSSR count). The van der Waals surface area contributed by atoms with Crippen LogP contribution in [0.5, 0.6) is 0 Å². The quantitative estimate of drug-likeness (QED) is 0.803. The van der Waals surface area contributed by atoms with E-state index in [-0.39, 0.29) is 18.0 Å². The zero-order chi connectivity index (χ0) is 20.8. The van der Waals surface area contributed by atoms with Crippen LogP contribution in [0.4, 0.5) is 5.69 Å². The molecule has 2 aliphatic heterocycles. The number of piperidine rings is 1. The Morgan fingerprint density at radius 1 is 1.00 bits per heavy atom. The molecule has 2 saturated heterocycles. The lowest BCUT2D eigenvalue weighted by Gasteiger charge is -2.37. The number of rotatable bonds is 5. The lowest BCUT2D eigenvalue weighted by molar-refractivity contribution is -0.127. The Balaban J connectivity index is 1.38. The van der Waals surface area contributed by atoms with Crippen molar-refractivity contribution in [2.45, 2.75) is 24.9 Å². The van der Waals surface area contributed by atoms with Crippen molar-refractivity contribution < 1.29 is 4.79 Å². The Hall–Kier alpha value is -2.49. The van der Waals surface area contributed by atoms with Crippen LogP contribution >= 0.6 is 11.8 Å². The van der Waals surface area contributed by atoms with Crippen molar-refractivity contribution in [1.82, 2.24) is 10.2 Å². The predicted molar refractivity (Wildman–Crippen MR) is 123 cm³/mol. The first-order chi connectivity index (χ1) is 14.7. The van der Waals surface area contributed by atoms with E-state index in [0.29, 0.717) is 5.56 Å². The van der Waals surface area contributed by atoms with E-state index in [1.165, 1.54) is 0 Å². The second-order valence-corrected chi connectivity index (χ2v) is 9.11. The van der Waals surface area contributed by atoms with Crippen LogP contribution in [-0.2, 0) is 4.79 Å². The van der Waals surface area contributed by atoms with E-state index in [1.54, 1.807) is 0 Å². The summed E-state index contributed by atoms with van der Waals surface area (Å²) in [4.78, 5) is 18.0. The van der Waals surface area contributed by atoms with Crippen molar-refractivity contribution in [2.75, 3.05) is 42.6 Å². The minimum Gasteiger partial charge on any atom is -0.371 e. The SMILES string of the molecule is N#Cc1ccc(N2CCC(NC(=O)C(c3ccccc3)N3CCSCC3)CC2)cc1. The third kappa shape index (κ3) is 4.97. The van der Waals surface area contributed by atoms with Crippen LogP contribution in [0, 0.1) is 11.3 Å². The first-order valence-electron chi connectivity index (χ1n) is 10.7. The molecule has 5 nitrogen and oxygen atoms in total. The number of nitrogens with one attached hydrogen (secondary N) is 1. The minimum absolute atomic E-state index is 0.130. The highest BCUT2D eigenvalue weighted by atomic mass is 32.2. The average molecular weight is 421 g/mol. The van der Waals surface area contributed by atoms with Crippen LogP contribution < -0.4 is 10.2 Å². The van der Waals surface area contributed by atoms with Crippen molar-refractivity contribution in [3.63, 3.8) is 0 Å². The Bertz CT molecular complexity index is 866. The molecule has 2 fully saturated rings. The van der Waals surface area contributed by atoms with Crippen molar-refractivity contribution >= 4 is 23.4 Å². The van der Waals surface area contributed by atoms with Gasteiger partial charge in [0.1, 0.15) is 6.04 Å². The fourth-order valence-corrected chi connectivity index (χ4v) is 5.24. The van der Waals surface area contributed by atoms with E-state index in [2.05, 4.69) is 33.3 Å². The molecule has 156 valence electrons. The highest BCUT2D eigenvalue weighted by molar-refractivity contribution is 7.99. The number of amides is 1. The summed E-state index contributed by atoms with van der Waals surface area (Å²) in [5.74, 6) is 2.30. The van der Waals surface area contributed by atoms with Crippen LogP contribution in [0.3, 0.4) is 0 Å². The standard InChI is InChI=1S/C24H28N4OS/c25-18-19-6-8-22(9-7-19)27-12-10-21(11-13-27)26-24(29)23(20-4-2-1-3-5-20)28-14-16-30-17-15-28/h1-9,21,23H,10-17H2,(H,26,29). The summed E-state index contributed by atoms with van der Waals surface area (Å²) in [7, 11) is 0. The average Bonchev–Trinajstić information content (AvgIpc) is 2.81. The Morgan fingerprint density at radius 2 is 1.67 bits per heavy atom. The van der Waals surface area contributed by atoms with Gasteiger partial charge in [-0.15, -0.1) is 0 Å². The lowest BCUT2D eigenvalue weighted by atomic mass is 10.0. The number of carbonyl (C=O) groups is 1. The molecule has 2 aromatic rings. The molecule has 0 aromatic heterocycles. The van der Waals surface area contributed by atoms with Gasteiger partial charge in [0.05, 0.1) is 11.6 Å². The monoisotopic (exact) mass is 420 g/mol. The maximum absolute atomic E-state index is 13.3. The Labute approximate surface area is 183 Å². The van der Waals surface area contributed by atoms with Gasteiger partial charge >= 0.3 is 0 Å². The van der Waals surface area contributed by atoms with E-state index >= 15 is 0 Å². The molecule has 0 saturated carbocycles. The molecule has 1 unspecified atom stereocenters. The van der Waals surface area contributed by atoms with E-state index in [4.69, 9.17) is 5.26 Å². The number of thioether (sulfide) groups is 1. The maximum atomic E-state index is 13.3. The van der Waals surface area contributed by atoms with Crippen molar-refractivity contribution in [1.29, 1.82) is 5.26 Å². The lowest BCUT2D eigenvalue weighted by Crippen LogP contribution is -2.50. The topological polar surface area (TPSA) is 59.4 Å². The summed E-state index contributed by atoms with van der Waals surface area (Å²) in [5.41, 5.74) is 2.91. The van der Waals surface area contributed by atoms with Crippen LogP contribution in [0.1, 0.15) is 30.0 Å². The third-order valence-corrected chi connectivity index (χ3v) is 6.92. The fraction of sp³-hybridized carbons (Fsp3) is 0.417. The summed E-state index contributed by atoms with van der Waals surface area (Å²) in [5, 5.41) is 12.3. The number of anilines is 1. The van der Waals surface area contributed by atoms with E-state index in [1.807, 2.05) is 54.2 Å². The first kappa shape index (κ1) is 20.8. The smallest absolute Gasteiger partial charge is 0.242 e. The van der Waals surface area contributed by atoms with Crippen LogP contribution in [0.15, 0.2) is 54.6 Å². The van der Waals surface area contributed by atoms with Gasteiger partial charge in [-0.25, -0.2) is 0 Å². The van der Waals surface area contributed by atoms with Crippen LogP contribution in [-0.4, -0.2) is 54.5 Å². The number of carbonyl (C=O) groups excluding carboxylic acids is 1. The number of hydrogen-bond acceptors (Lipinski definition) is 5. The predicted octanol–water partition coefficient (Wildman–Crippen LogP) is 3.43. The second kappa shape index (κ2) is 10.0. The van der Waals surface area contributed by atoms with Gasteiger partial charge in [0, 0.05) is 49.4 Å². The molecule has 1 atom stereocenters. The van der Waals surface area contributed by atoms with Gasteiger partial charge in [-0.1, -0.05) is 30.3 Å². The number of hydrogen-bond donors (Lipinski definition) is 1. The molecular weight excluding hydrogens is 392 g/mol.